The van der Waals surface area contributed by atoms with E-state index in [1.807, 2.05) is 38.1 Å². The van der Waals surface area contributed by atoms with E-state index in [1.165, 1.54) is 12.1 Å². The molecule has 0 aliphatic rings. The van der Waals surface area contributed by atoms with Crippen molar-refractivity contribution in [2.75, 3.05) is 0 Å². The van der Waals surface area contributed by atoms with Gasteiger partial charge < -0.3 is 0 Å². The molecule has 3 rings (SSSR count). The quantitative estimate of drug-likeness (QED) is 0.463. The van der Waals surface area contributed by atoms with Crippen LogP contribution in [0.5, 0.6) is 0 Å². The molecule has 0 amide bonds. The average Bonchev–Trinajstić information content (AvgIpc) is 2.61. The van der Waals surface area contributed by atoms with Crippen LogP contribution in [-0.4, -0.2) is 0 Å². The SMILES string of the molecule is C=C(C)c1ccc(-c2ccc(-c3ccc(C(=C)C)cc3F)cc2F)cc1. The van der Waals surface area contributed by atoms with Gasteiger partial charge in [0.05, 0.1) is 0 Å². The van der Waals surface area contributed by atoms with Crippen LogP contribution in [0, 0.1) is 11.6 Å². The van der Waals surface area contributed by atoms with Gasteiger partial charge in [-0.3, -0.25) is 0 Å². The number of halogens is 2. The Morgan fingerprint density at radius 1 is 0.615 bits per heavy atom. The maximum atomic E-state index is 14.7. The molecule has 0 radical (unpaired) electrons. The van der Waals surface area contributed by atoms with Crippen LogP contribution in [-0.2, 0) is 0 Å². The van der Waals surface area contributed by atoms with Crippen molar-refractivity contribution in [2.45, 2.75) is 13.8 Å². The van der Waals surface area contributed by atoms with Gasteiger partial charge in [-0.2, -0.15) is 0 Å². The second-order valence-corrected chi connectivity index (χ2v) is 6.53. The van der Waals surface area contributed by atoms with Crippen LogP contribution in [0.4, 0.5) is 8.78 Å². The molecule has 3 aromatic carbocycles. The lowest BCUT2D eigenvalue weighted by Crippen LogP contribution is -1.91. The Balaban J connectivity index is 1.97. The molecule has 0 heterocycles. The highest BCUT2D eigenvalue weighted by molar-refractivity contribution is 5.74. The maximum Gasteiger partial charge on any atom is 0.131 e. The summed E-state index contributed by atoms with van der Waals surface area (Å²) >= 11 is 0. The first-order chi connectivity index (χ1) is 12.4. The molecule has 130 valence electrons. The molecule has 0 unspecified atom stereocenters. The van der Waals surface area contributed by atoms with Gasteiger partial charge in [0, 0.05) is 11.1 Å². The number of hydrogen-bond acceptors (Lipinski definition) is 0. The molecule has 0 bridgehead atoms. The van der Waals surface area contributed by atoms with Crippen molar-refractivity contribution in [1.29, 1.82) is 0 Å². The van der Waals surface area contributed by atoms with Crippen molar-refractivity contribution in [1.82, 2.24) is 0 Å². The minimum atomic E-state index is -0.386. The second-order valence-electron chi connectivity index (χ2n) is 6.53. The highest BCUT2D eigenvalue weighted by Crippen LogP contribution is 2.31. The van der Waals surface area contributed by atoms with Crippen molar-refractivity contribution in [3.8, 4) is 22.3 Å². The van der Waals surface area contributed by atoms with E-state index in [4.69, 9.17) is 0 Å². The van der Waals surface area contributed by atoms with Gasteiger partial charge in [-0.1, -0.05) is 72.8 Å². The molecule has 0 atom stereocenters. The summed E-state index contributed by atoms with van der Waals surface area (Å²) in [6, 6.07) is 17.3. The minimum Gasteiger partial charge on any atom is -0.206 e. The van der Waals surface area contributed by atoms with E-state index in [-0.39, 0.29) is 11.6 Å². The number of benzene rings is 3. The molecule has 0 aliphatic heterocycles. The van der Waals surface area contributed by atoms with Crippen LogP contribution in [0.3, 0.4) is 0 Å². The molecule has 26 heavy (non-hydrogen) atoms. The van der Waals surface area contributed by atoms with Gasteiger partial charge in [0.2, 0.25) is 0 Å². The van der Waals surface area contributed by atoms with Crippen LogP contribution in [0.25, 0.3) is 33.4 Å². The Morgan fingerprint density at radius 2 is 1.08 bits per heavy atom. The zero-order chi connectivity index (χ0) is 18.8. The van der Waals surface area contributed by atoms with Crippen molar-refractivity contribution in [3.63, 3.8) is 0 Å². The third-order valence-corrected chi connectivity index (χ3v) is 4.43. The van der Waals surface area contributed by atoms with E-state index >= 15 is 0 Å². The van der Waals surface area contributed by atoms with Gasteiger partial charge in [-0.15, -0.1) is 0 Å². The summed E-state index contributed by atoms with van der Waals surface area (Å²) < 4.78 is 29.1. The summed E-state index contributed by atoms with van der Waals surface area (Å²) in [6.45, 7) is 11.5. The summed E-state index contributed by atoms with van der Waals surface area (Å²) in [6.07, 6.45) is 0. The summed E-state index contributed by atoms with van der Waals surface area (Å²) in [5.41, 5.74) is 5.65. The van der Waals surface area contributed by atoms with Crippen molar-refractivity contribution >= 4 is 11.1 Å². The van der Waals surface area contributed by atoms with Crippen LogP contribution in [0.2, 0.25) is 0 Å². The molecule has 0 saturated carbocycles. The van der Waals surface area contributed by atoms with E-state index in [0.29, 0.717) is 16.7 Å². The lowest BCUT2D eigenvalue weighted by molar-refractivity contribution is 0.626. The van der Waals surface area contributed by atoms with Gasteiger partial charge in [0.25, 0.3) is 0 Å². The van der Waals surface area contributed by atoms with Crippen LogP contribution in [0.1, 0.15) is 25.0 Å². The molecule has 0 spiro atoms. The Morgan fingerprint density at radius 3 is 1.62 bits per heavy atom. The largest absolute Gasteiger partial charge is 0.206 e. The molecule has 2 heteroatoms. The molecule has 0 aromatic heterocycles. The first-order valence-corrected chi connectivity index (χ1v) is 8.38. The third-order valence-electron chi connectivity index (χ3n) is 4.43. The first kappa shape index (κ1) is 17.8. The maximum absolute atomic E-state index is 14.7. The van der Waals surface area contributed by atoms with Gasteiger partial charge in [-0.05, 0) is 48.2 Å². The van der Waals surface area contributed by atoms with Crippen molar-refractivity contribution in [2.24, 2.45) is 0 Å². The zero-order valence-electron chi connectivity index (χ0n) is 14.9. The lowest BCUT2D eigenvalue weighted by atomic mass is 9.96. The van der Waals surface area contributed by atoms with Crippen LogP contribution < -0.4 is 0 Å². The van der Waals surface area contributed by atoms with Gasteiger partial charge in [-0.25, -0.2) is 8.78 Å². The molecular formula is C24H20F2. The normalized spacial score (nSPS) is 10.6. The highest BCUT2D eigenvalue weighted by Gasteiger charge is 2.11. The summed E-state index contributed by atoms with van der Waals surface area (Å²) in [5, 5.41) is 0. The third kappa shape index (κ3) is 3.50. The summed E-state index contributed by atoms with van der Waals surface area (Å²) in [5.74, 6) is -0.766. The second kappa shape index (κ2) is 7.09. The van der Waals surface area contributed by atoms with Crippen LogP contribution >= 0.6 is 0 Å². The van der Waals surface area contributed by atoms with E-state index in [0.717, 1.165) is 27.8 Å². The minimum absolute atomic E-state index is 0.373. The van der Waals surface area contributed by atoms with E-state index in [2.05, 4.69) is 13.2 Å². The Kier molecular flexibility index (Phi) is 4.85. The fourth-order valence-electron chi connectivity index (χ4n) is 2.87. The Bertz CT molecular complexity index is 995. The molecule has 3 aromatic rings. The van der Waals surface area contributed by atoms with Crippen LogP contribution in [0.15, 0.2) is 73.8 Å². The fraction of sp³-hybridized carbons (Fsp3) is 0.0833. The molecule has 0 nitrogen and oxygen atoms in total. The number of hydrogen-bond donors (Lipinski definition) is 0. The molecule has 0 fully saturated rings. The molecule has 0 saturated heterocycles. The smallest absolute Gasteiger partial charge is 0.131 e. The number of allylic oxidation sites excluding steroid dienone is 2. The fourth-order valence-corrected chi connectivity index (χ4v) is 2.87. The number of rotatable bonds is 4. The zero-order valence-corrected chi connectivity index (χ0v) is 14.9. The monoisotopic (exact) mass is 346 g/mol. The molecular weight excluding hydrogens is 326 g/mol. The van der Waals surface area contributed by atoms with Gasteiger partial charge in [0.15, 0.2) is 0 Å². The van der Waals surface area contributed by atoms with Gasteiger partial charge in [0.1, 0.15) is 11.6 Å². The first-order valence-electron chi connectivity index (χ1n) is 8.38. The topological polar surface area (TPSA) is 0 Å². The Hall–Kier alpha value is -3.00. The predicted octanol–water partition coefficient (Wildman–Crippen LogP) is 7.37. The summed E-state index contributed by atoms with van der Waals surface area (Å²) in [7, 11) is 0. The van der Waals surface area contributed by atoms with Crippen molar-refractivity contribution < 1.29 is 8.78 Å². The Labute approximate surface area is 153 Å². The summed E-state index contributed by atoms with van der Waals surface area (Å²) in [4.78, 5) is 0. The van der Waals surface area contributed by atoms with Gasteiger partial charge >= 0.3 is 0 Å². The molecule has 0 aliphatic carbocycles. The van der Waals surface area contributed by atoms with E-state index in [1.54, 1.807) is 24.3 Å². The van der Waals surface area contributed by atoms with E-state index < -0.39 is 0 Å². The van der Waals surface area contributed by atoms with Crippen molar-refractivity contribution in [3.05, 3.63) is 96.6 Å². The lowest BCUT2D eigenvalue weighted by Gasteiger charge is -2.10. The average molecular weight is 346 g/mol. The standard InChI is InChI=1S/C24H20F2/c1-15(2)17-5-7-18(8-6-17)21-12-10-20(14-24(21)26)22-11-9-19(16(3)4)13-23(22)25/h5-14H,1,3H2,2,4H3. The molecule has 0 N–H and O–H groups in total. The van der Waals surface area contributed by atoms with E-state index in [9.17, 15) is 8.78 Å². The predicted molar refractivity (Wildman–Crippen MR) is 107 cm³/mol. The highest BCUT2D eigenvalue weighted by atomic mass is 19.1.